The summed E-state index contributed by atoms with van der Waals surface area (Å²) in [7, 11) is 2.08. The van der Waals surface area contributed by atoms with Gasteiger partial charge in [-0.3, -0.25) is 4.79 Å². The van der Waals surface area contributed by atoms with Gasteiger partial charge >= 0.3 is 0 Å². The van der Waals surface area contributed by atoms with Gasteiger partial charge < -0.3 is 15.0 Å². The van der Waals surface area contributed by atoms with Crippen LogP contribution in [0.15, 0.2) is 43.0 Å². The molecule has 1 N–H and O–H groups in total. The quantitative estimate of drug-likeness (QED) is 0.619. The zero-order valence-electron chi connectivity index (χ0n) is 12.5. The van der Waals surface area contributed by atoms with Gasteiger partial charge in [0.2, 0.25) is 5.91 Å². The lowest BCUT2D eigenvalue weighted by Crippen LogP contribution is -2.23. The van der Waals surface area contributed by atoms with Crippen LogP contribution >= 0.6 is 0 Å². The van der Waals surface area contributed by atoms with E-state index < -0.39 is 0 Å². The predicted molar refractivity (Wildman–Crippen MR) is 86.1 cm³/mol. The molecule has 4 heteroatoms. The van der Waals surface area contributed by atoms with Crippen molar-refractivity contribution in [2.45, 2.75) is 12.8 Å². The van der Waals surface area contributed by atoms with E-state index in [1.807, 2.05) is 12.1 Å². The third-order valence-corrected chi connectivity index (χ3v) is 3.44. The van der Waals surface area contributed by atoms with Crippen molar-refractivity contribution in [3.63, 3.8) is 0 Å². The molecule has 0 aromatic heterocycles. The van der Waals surface area contributed by atoms with Crippen LogP contribution in [0.4, 0.5) is 5.69 Å². The van der Waals surface area contributed by atoms with Gasteiger partial charge in [0, 0.05) is 31.4 Å². The number of hydrogen-bond donors (Lipinski definition) is 1. The topological polar surface area (TPSA) is 41.6 Å². The van der Waals surface area contributed by atoms with E-state index in [1.165, 1.54) is 11.8 Å². The Bertz CT molecular complexity index is 537. The molecule has 1 aromatic rings. The molecule has 4 nitrogen and oxygen atoms in total. The second kappa shape index (κ2) is 7.53. The second-order valence-corrected chi connectivity index (χ2v) is 5.02. The van der Waals surface area contributed by atoms with Crippen LogP contribution in [-0.2, 0) is 9.53 Å². The summed E-state index contributed by atoms with van der Waals surface area (Å²) in [6.07, 6.45) is 5.21. The first-order valence-electron chi connectivity index (χ1n) is 7.26. The van der Waals surface area contributed by atoms with Gasteiger partial charge in [-0.1, -0.05) is 18.7 Å². The van der Waals surface area contributed by atoms with Crippen molar-refractivity contribution in [1.29, 1.82) is 0 Å². The molecule has 0 fully saturated rings. The summed E-state index contributed by atoms with van der Waals surface area (Å²) in [6, 6.07) is 8.26. The maximum atomic E-state index is 11.0. The molecule has 0 saturated heterocycles. The van der Waals surface area contributed by atoms with E-state index in [1.54, 1.807) is 0 Å². The summed E-state index contributed by atoms with van der Waals surface area (Å²) in [6.45, 7) is 5.60. The van der Waals surface area contributed by atoms with Gasteiger partial charge in [0.05, 0.1) is 6.61 Å². The molecular formula is C17H22N2O2. The fraction of sp³-hybridized carbons (Fsp3) is 0.353. The number of amides is 1. The Kier molecular flexibility index (Phi) is 5.43. The van der Waals surface area contributed by atoms with Crippen molar-refractivity contribution >= 4 is 17.4 Å². The zero-order chi connectivity index (χ0) is 15.1. The van der Waals surface area contributed by atoms with E-state index >= 15 is 0 Å². The molecule has 21 heavy (non-hydrogen) atoms. The van der Waals surface area contributed by atoms with E-state index in [2.05, 4.69) is 42.1 Å². The van der Waals surface area contributed by atoms with E-state index in [-0.39, 0.29) is 5.91 Å². The first-order valence-corrected chi connectivity index (χ1v) is 7.26. The highest BCUT2D eigenvalue weighted by atomic mass is 16.5. The third kappa shape index (κ3) is 4.12. The Hall–Kier alpha value is -2.23. The van der Waals surface area contributed by atoms with Crippen molar-refractivity contribution in [3.05, 3.63) is 48.6 Å². The fourth-order valence-corrected chi connectivity index (χ4v) is 2.27. The summed E-state index contributed by atoms with van der Waals surface area (Å²) < 4.78 is 5.89. The maximum Gasteiger partial charge on any atom is 0.243 e. The van der Waals surface area contributed by atoms with Crippen LogP contribution in [0.1, 0.15) is 18.4 Å². The Labute approximate surface area is 126 Å². The SMILES string of the molecule is C=CC(=O)NCCCCOC1=CCN(C)c2ccccc21. The molecule has 0 saturated carbocycles. The van der Waals surface area contributed by atoms with Crippen molar-refractivity contribution in [3.8, 4) is 0 Å². The molecular weight excluding hydrogens is 264 g/mol. The second-order valence-electron chi connectivity index (χ2n) is 5.02. The number of anilines is 1. The van der Waals surface area contributed by atoms with E-state index in [4.69, 9.17) is 4.74 Å². The molecule has 1 aromatic carbocycles. The minimum Gasteiger partial charge on any atom is -0.493 e. The number of carbonyl (C=O) groups excluding carboxylic acids is 1. The number of nitrogens with one attached hydrogen (secondary N) is 1. The van der Waals surface area contributed by atoms with Gasteiger partial charge in [0.25, 0.3) is 0 Å². The number of hydrogen-bond acceptors (Lipinski definition) is 3. The van der Waals surface area contributed by atoms with Crippen LogP contribution < -0.4 is 10.2 Å². The van der Waals surface area contributed by atoms with Crippen LogP contribution in [0.3, 0.4) is 0 Å². The Balaban J connectivity index is 1.77. The highest BCUT2D eigenvalue weighted by Crippen LogP contribution is 2.30. The van der Waals surface area contributed by atoms with Crippen molar-refractivity contribution in [1.82, 2.24) is 5.32 Å². The van der Waals surface area contributed by atoms with Gasteiger partial charge in [0.15, 0.2) is 0 Å². The summed E-state index contributed by atoms with van der Waals surface area (Å²) in [4.78, 5) is 13.2. The maximum absolute atomic E-state index is 11.0. The lowest BCUT2D eigenvalue weighted by molar-refractivity contribution is -0.116. The smallest absolute Gasteiger partial charge is 0.243 e. The molecule has 1 amide bonds. The molecule has 0 spiro atoms. The summed E-state index contributed by atoms with van der Waals surface area (Å²) >= 11 is 0. The number of carbonyl (C=O) groups is 1. The molecule has 2 rings (SSSR count). The molecule has 112 valence electrons. The molecule has 0 unspecified atom stereocenters. The number of fused-ring (bicyclic) bond motifs is 1. The molecule has 0 atom stereocenters. The largest absolute Gasteiger partial charge is 0.493 e. The minimum absolute atomic E-state index is 0.122. The number of ether oxygens (including phenoxy) is 1. The lowest BCUT2D eigenvalue weighted by Gasteiger charge is -2.27. The first kappa shape index (κ1) is 15.2. The average Bonchev–Trinajstić information content (AvgIpc) is 2.52. The van der Waals surface area contributed by atoms with Gasteiger partial charge in [-0.15, -0.1) is 0 Å². The Morgan fingerprint density at radius 1 is 1.43 bits per heavy atom. The Morgan fingerprint density at radius 2 is 2.24 bits per heavy atom. The minimum atomic E-state index is -0.122. The van der Waals surface area contributed by atoms with E-state index in [0.29, 0.717) is 13.2 Å². The summed E-state index contributed by atoms with van der Waals surface area (Å²) in [5.41, 5.74) is 2.35. The predicted octanol–water partition coefficient (Wildman–Crippen LogP) is 2.58. The molecule has 1 heterocycles. The van der Waals surface area contributed by atoms with Crippen LogP contribution in [-0.4, -0.2) is 32.7 Å². The zero-order valence-corrected chi connectivity index (χ0v) is 12.5. The molecule has 1 aliphatic rings. The van der Waals surface area contributed by atoms with Gasteiger partial charge in [-0.2, -0.15) is 0 Å². The van der Waals surface area contributed by atoms with Crippen LogP contribution in [0.2, 0.25) is 0 Å². The normalized spacial score (nSPS) is 13.2. The highest BCUT2D eigenvalue weighted by molar-refractivity contribution is 5.86. The standard InChI is InChI=1S/C17H22N2O2/c1-3-17(20)18-11-6-7-13-21-16-10-12-19(2)15-9-5-4-8-14(15)16/h3-5,8-10H,1,6-7,11-13H2,2H3,(H,18,20). The Morgan fingerprint density at radius 3 is 3.05 bits per heavy atom. The van der Waals surface area contributed by atoms with Crippen molar-refractivity contribution < 1.29 is 9.53 Å². The monoisotopic (exact) mass is 286 g/mol. The van der Waals surface area contributed by atoms with Crippen LogP contribution in [0.25, 0.3) is 5.76 Å². The number of unbranched alkanes of at least 4 members (excludes halogenated alkanes) is 1. The van der Waals surface area contributed by atoms with Gasteiger partial charge in [-0.05, 0) is 37.1 Å². The number of para-hydroxylation sites is 1. The fourth-order valence-electron chi connectivity index (χ4n) is 2.27. The van der Waals surface area contributed by atoms with Crippen LogP contribution in [0, 0.1) is 0 Å². The lowest BCUT2D eigenvalue weighted by atomic mass is 10.1. The van der Waals surface area contributed by atoms with Crippen molar-refractivity contribution in [2.24, 2.45) is 0 Å². The van der Waals surface area contributed by atoms with E-state index in [9.17, 15) is 4.79 Å². The molecule has 0 radical (unpaired) electrons. The molecule has 1 aliphatic heterocycles. The van der Waals surface area contributed by atoms with Gasteiger partial charge in [0.1, 0.15) is 5.76 Å². The highest BCUT2D eigenvalue weighted by Gasteiger charge is 2.16. The third-order valence-electron chi connectivity index (χ3n) is 3.44. The van der Waals surface area contributed by atoms with Crippen LogP contribution in [0.5, 0.6) is 0 Å². The molecule has 0 bridgehead atoms. The number of benzene rings is 1. The number of nitrogens with zero attached hydrogens (tertiary/aromatic N) is 1. The average molecular weight is 286 g/mol. The number of likely N-dealkylation sites (N-methyl/N-ethyl adjacent to an activating group) is 1. The van der Waals surface area contributed by atoms with E-state index in [0.717, 1.165) is 30.7 Å². The molecule has 0 aliphatic carbocycles. The first-order chi connectivity index (χ1) is 10.2. The van der Waals surface area contributed by atoms with Crippen molar-refractivity contribution in [2.75, 3.05) is 31.6 Å². The number of rotatable bonds is 7. The summed E-state index contributed by atoms with van der Waals surface area (Å²) in [5.74, 6) is 0.835. The summed E-state index contributed by atoms with van der Waals surface area (Å²) in [5, 5.41) is 2.76. The van der Waals surface area contributed by atoms with Gasteiger partial charge in [-0.25, -0.2) is 0 Å².